The molecule has 0 amide bonds. The van der Waals surface area contributed by atoms with Gasteiger partial charge in [0.15, 0.2) is 0 Å². The summed E-state index contributed by atoms with van der Waals surface area (Å²) in [5.74, 6) is 1.18. The molecule has 4 heteroatoms. The van der Waals surface area contributed by atoms with Crippen molar-refractivity contribution in [3.05, 3.63) is 54.1 Å². The highest BCUT2D eigenvalue weighted by atomic mass is 15.2. The summed E-state index contributed by atoms with van der Waals surface area (Å²) in [5.41, 5.74) is 2.01. The van der Waals surface area contributed by atoms with Crippen molar-refractivity contribution in [2.24, 2.45) is 12.5 Å². The average molecular weight is 324 g/mol. The normalized spacial score (nSPS) is 22.2. The lowest BCUT2D eigenvalue weighted by molar-refractivity contribution is 0.192. The Kier molecular flexibility index (Phi) is 4.42. The van der Waals surface area contributed by atoms with Crippen molar-refractivity contribution in [3.8, 4) is 0 Å². The summed E-state index contributed by atoms with van der Waals surface area (Å²) in [4.78, 5) is 7.26. The molecule has 1 aliphatic heterocycles. The molecular formula is C20H28N4. The van der Waals surface area contributed by atoms with Crippen molar-refractivity contribution in [1.82, 2.24) is 19.8 Å². The second-order valence-electron chi connectivity index (χ2n) is 7.49. The Bertz CT molecular complexity index is 657. The molecule has 1 aliphatic carbocycles. The number of rotatable bonds is 6. The van der Waals surface area contributed by atoms with Gasteiger partial charge in [-0.15, -0.1) is 0 Å². The minimum atomic E-state index is 0.576. The van der Waals surface area contributed by atoms with E-state index in [9.17, 15) is 0 Å². The minimum Gasteiger partial charge on any atom is -0.337 e. The highest BCUT2D eigenvalue weighted by molar-refractivity contribution is 5.16. The maximum atomic E-state index is 4.56. The lowest BCUT2D eigenvalue weighted by Crippen LogP contribution is -2.37. The van der Waals surface area contributed by atoms with Gasteiger partial charge in [-0.2, -0.15) is 0 Å². The zero-order chi connectivity index (χ0) is 16.4. The summed E-state index contributed by atoms with van der Waals surface area (Å²) < 4.78 is 2.16. The Morgan fingerprint density at radius 2 is 2.04 bits per heavy atom. The van der Waals surface area contributed by atoms with Crippen LogP contribution in [0.15, 0.2) is 42.7 Å². The molecule has 1 atom stereocenters. The van der Waals surface area contributed by atoms with Crippen LogP contribution in [0.4, 0.5) is 0 Å². The fourth-order valence-corrected chi connectivity index (χ4v) is 4.30. The van der Waals surface area contributed by atoms with Crippen molar-refractivity contribution in [1.29, 1.82) is 0 Å². The maximum absolute atomic E-state index is 4.56. The van der Waals surface area contributed by atoms with Gasteiger partial charge in [0.25, 0.3) is 0 Å². The third-order valence-electron chi connectivity index (χ3n) is 5.98. The van der Waals surface area contributed by atoms with Gasteiger partial charge in [0.2, 0.25) is 0 Å². The number of aromatic nitrogens is 2. The molecular weight excluding hydrogens is 296 g/mol. The Hall–Kier alpha value is -1.65. The molecule has 2 aliphatic rings. The monoisotopic (exact) mass is 324 g/mol. The van der Waals surface area contributed by atoms with Gasteiger partial charge in [0.1, 0.15) is 5.82 Å². The van der Waals surface area contributed by atoms with Crippen LogP contribution in [-0.4, -0.2) is 40.1 Å². The molecule has 1 saturated heterocycles. The smallest absolute Gasteiger partial charge is 0.122 e. The highest BCUT2D eigenvalue weighted by Crippen LogP contribution is 2.55. The summed E-state index contributed by atoms with van der Waals surface area (Å²) >= 11 is 0. The average Bonchev–Trinajstić information content (AvgIpc) is 3.14. The molecule has 2 aromatic rings. The fraction of sp³-hybridized carbons (Fsp3) is 0.550. The van der Waals surface area contributed by atoms with E-state index in [0.29, 0.717) is 5.41 Å². The molecule has 1 spiro atoms. The second kappa shape index (κ2) is 6.69. The third kappa shape index (κ3) is 3.26. The number of benzene rings is 1. The van der Waals surface area contributed by atoms with Gasteiger partial charge in [-0.1, -0.05) is 30.3 Å². The zero-order valence-corrected chi connectivity index (χ0v) is 14.6. The molecule has 4 nitrogen and oxygen atoms in total. The lowest BCUT2D eigenvalue weighted by atomic mass is 9.93. The first kappa shape index (κ1) is 15.9. The van der Waals surface area contributed by atoms with Gasteiger partial charge in [-0.25, -0.2) is 4.98 Å². The summed E-state index contributed by atoms with van der Waals surface area (Å²) in [7, 11) is 2.10. The number of piperidine rings is 1. The van der Waals surface area contributed by atoms with Gasteiger partial charge in [0, 0.05) is 32.0 Å². The standard InChI is InChI=1S/C20H28N4/c1-23-14-12-22-19(23)16-24(13-7-17-5-3-2-4-6-17)18-15-20(18)8-10-21-11-9-20/h2-6,12,14,18,21H,7-11,13,15-16H2,1H3/t18-/m0/s1. The molecule has 4 rings (SSSR count). The largest absolute Gasteiger partial charge is 0.337 e. The Morgan fingerprint density at radius 1 is 1.25 bits per heavy atom. The molecule has 24 heavy (non-hydrogen) atoms. The molecule has 0 radical (unpaired) electrons. The van der Waals surface area contributed by atoms with E-state index in [2.05, 4.69) is 63.3 Å². The van der Waals surface area contributed by atoms with Crippen molar-refractivity contribution >= 4 is 0 Å². The van der Waals surface area contributed by atoms with Gasteiger partial charge in [-0.05, 0) is 49.8 Å². The summed E-state index contributed by atoms with van der Waals surface area (Å²) in [6.45, 7) is 4.46. The van der Waals surface area contributed by atoms with Crippen molar-refractivity contribution in [2.75, 3.05) is 19.6 Å². The fourth-order valence-electron chi connectivity index (χ4n) is 4.30. The first-order chi connectivity index (χ1) is 11.8. The van der Waals surface area contributed by atoms with Crippen LogP contribution in [0, 0.1) is 5.41 Å². The molecule has 0 unspecified atom stereocenters. The van der Waals surface area contributed by atoms with Gasteiger partial charge < -0.3 is 9.88 Å². The first-order valence-corrected chi connectivity index (χ1v) is 9.22. The second-order valence-corrected chi connectivity index (χ2v) is 7.49. The van der Waals surface area contributed by atoms with Crippen molar-refractivity contribution in [3.63, 3.8) is 0 Å². The van der Waals surface area contributed by atoms with E-state index in [1.807, 2.05) is 6.20 Å². The summed E-state index contributed by atoms with van der Waals surface area (Å²) in [6, 6.07) is 11.6. The van der Waals surface area contributed by atoms with Gasteiger partial charge >= 0.3 is 0 Å². The SMILES string of the molecule is Cn1ccnc1CN(CCc1ccccc1)[C@H]1CC12CCNCC2. The van der Waals surface area contributed by atoms with E-state index in [1.54, 1.807) is 0 Å². The Balaban J connectivity index is 1.46. The predicted molar refractivity (Wildman–Crippen MR) is 96.7 cm³/mol. The first-order valence-electron chi connectivity index (χ1n) is 9.22. The number of imidazole rings is 1. The number of nitrogens with zero attached hydrogens (tertiary/aromatic N) is 3. The predicted octanol–water partition coefficient (Wildman–Crippen LogP) is 2.61. The zero-order valence-electron chi connectivity index (χ0n) is 14.6. The number of hydrogen-bond donors (Lipinski definition) is 1. The number of nitrogens with one attached hydrogen (secondary N) is 1. The number of aryl methyl sites for hydroxylation is 1. The van der Waals surface area contributed by atoms with E-state index in [0.717, 1.165) is 25.6 Å². The van der Waals surface area contributed by atoms with Crippen LogP contribution in [0.25, 0.3) is 0 Å². The minimum absolute atomic E-state index is 0.576. The van der Waals surface area contributed by atoms with E-state index < -0.39 is 0 Å². The molecule has 2 fully saturated rings. The third-order valence-corrected chi connectivity index (χ3v) is 5.98. The quantitative estimate of drug-likeness (QED) is 0.887. The Morgan fingerprint density at radius 3 is 2.75 bits per heavy atom. The van der Waals surface area contributed by atoms with Gasteiger partial charge in [-0.3, -0.25) is 4.90 Å². The molecule has 1 N–H and O–H groups in total. The van der Waals surface area contributed by atoms with Crippen LogP contribution in [0.3, 0.4) is 0 Å². The van der Waals surface area contributed by atoms with Crippen molar-refractivity contribution < 1.29 is 0 Å². The van der Waals surface area contributed by atoms with E-state index in [-0.39, 0.29) is 0 Å². The molecule has 1 aromatic heterocycles. The molecule has 1 saturated carbocycles. The molecule has 128 valence electrons. The van der Waals surface area contributed by atoms with E-state index in [4.69, 9.17) is 0 Å². The Labute approximate surface area is 144 Å². The lowest BCUT2D eigenvalue weighted by Gasteiger charge is -2.29. The topological polar surface area (TPSA) is 33.1 Å². The summed E-state index contributed by atoms with van der Waals surface area (Å²) in [6.07, 6.45) is 9.12. The van der Waals surface area contributed by atoms with Crippen LogP contribution in [0.2, 0.25) is 0 Å². The molecule has 0 bridgehead atoms. The van der Waals surface area contributed by atoms with Crippen molar-refractivity contribution in [2.45, 2.75) is 38.3 Å². The molecule has 1 aromatic carbocycles. The van der Waals surface area contributed by atoms with Crippen LogP contribution in [0.1, 0.15) is 30.7 Å². The van der Waals surface area contributed by atoms with Crippen LogP contribution >= 0.6 is 0 Å². The molecule has 2 heterocycles. The van der Waals surface area contributed by atoms with Crippen LogP contribution < -0.4 is 5.32 Å². The number of hydrogen-bond acceptors (Lipinski definition) is 3. The van der Waals surface area contributed by atoms with E-state index >= 15 is 0 Å². The van der Waals surface area contributed by atoms with Crippen LogP contribution in [0.5, 0.6) is 0 Å². The van der Waals surface area contributed by atoms with Gasteiger partial charge in [0.05, 0.1) is 6.54 Å². The highest BCUT2D eigenvalue weighted by Gasteiger charge is 2.56. The van der Waals surface area contributed by atoms with E-state index in [1.165, 1.54) is 43.7 Å². The van der Waals surface area contributed by atoms with Crippen LogP contribution in [-0.2, 0) is 20.0 Å². The maximum Gasteiger partial charge on any atom is 0.122 e. The summed E-state index contributed by atoms with van der Waals surface area (Å²) in [5, 5.41) is 3.52.